The van der Waals surface area contributed by atoms with Gasteiger partial charge in [-0.25, -0.2) is 0 Å². The van der Waals surface area contributed by atoms with Crippen molar-refractivity contribution in [1.29, 1.82) is 5.26 Å². The molecular weight excluding hydrogens is 493 g/mol. The number of ether oxygens (including phenoxy) is 2. The van der Waals surface area contributed by atoms with Gasteiger partial charge in [-0.2, -0.15) is 5.26 Å². The van der Waals surface area contributed by atoms with Gasteiger partial charge in [0.05, 0.1) is 17.1 Å². The Balaban J connectivity index is 1.86. The molecule has 0 radical (unpaired) electrons. The largest absolute Gasteiger partial charge is 0.493 e. The summed E-state index contributed by atoms with van der Waals surface area (Å²) in [6.45, 7) is 1.84. The second-order valence-corrected chi connectivity index (χ2v) is 8.13. The van der Waals surface area contributed by atoms with Crippen LogP contribution in [0.4, 0.5) is 11.4 Å². The third-order valence-electron chi connectivity index (χ3n) is 4.86. The highest BCUT2D eigenvalue weighted by Gasteiger charge is 2.19. The van der Waals surface area contributed by atoms with Crippen LogP contribution in [0.25, 0.3) is 6.08 Å². The van der Waals surface area contributed by atoms with Gasteiger partial charge in [-0.3, -0.25) is 14.9 Å². The number of carbonyl (C=O) groups is 1. The number of benzene rings is 3. The number of hydrogen-bond donors (Lipinski definition) is 1. The van der Waals surface area contributed by atoms with Crippen LogP contribution in [0.15, 0.2) is 60.2 Å². The molecule has 0 spiro atoms. The van der Waals surface area contributed by atoms with E-state index in [2.05, 4.69) is 5.32 Å². The maximum Gasteiger partial charge on any atom is 0.293 e. The Kier molecular flexibility index (Phi) is 8.31. The van der Waals surface area contributed by atoms with Gasteiger partial charge in [0.25, 0.3) is 11.6 Å². The summed E-state index contributed by atoms with van der Waals surface area (Å²) in [7, 11) is 1.43. The number of halogens is 2. The van der Waals surface area contributed by atoms with Crippen LogP contribution >= 0.6 is 23.2 Å². The number of nitro groups is 1. The molecular formula is C25H19Cl2N3O5. The molecule has 3 aromatic rings. The molecule has 3 aromatic carbocycles. The van der Waals surface area contributed by atoms with Crippen LogP contribution in [0.5, 0.6) is 11.5 Å². The van der Waals surface area contributed by atoms with Crippen LogP contribution < -0.4 is 14.8 Å². The van der Waals surface area contributed by atoms with Crippen molar-refractivity contribution in [3.05, 3.63) is 97.0 Å². The molecule has 1 N–H and O–H groups in total. The summed E-state index contributed by atoms with van der Waals surface area (Å²) in [6.07, 6.45) is 1.29. The first-order valence-electron chi connectivity index (χ1n) is 10.2. The topological polar surface area (TPSA) is 114 Å². The predicted molar refractivity (Wildman–Crippen MR) is 134 cm³/mol. The normalized spacial score (nSPS) is 10.9. The summed E-state index contributed by atoms with van der Waals surface area (Å²) in [6, 6.07) is 16.4. The summed E-state index contributed by atoms with van der Waals surface area (Å²) in [5.74, 6) is -0.263. The molecule has 0 atom stereocenters. The minimum absolute atomic E-state index is 0.0225. The van der Waals surface area contributed by atoms with Crippen LogP contribution in [0, 0.1) is 28.4 Å². The number of aryl methyl sites for hydroxylation is 1. The second-order valence-electron chi connectivity index (χ2n) is 7.32. The van der Waals surface area contributed by atoms with E-state index in [9.17, 15) is 20.2 Å². The fourth-order valence-electron chi connectivity index (χ4n) is 3.13. The van der Waals surface area contributed by atoms with E-state index >= 15 is 0 Å². The van der Waals surface area contributed by atoms with Crippen molar-refractivity contribution in [2.45, 2.75) is 13.5 Å². The fraction of sp³-hybridized carbons (Fsp3) is 0.120. The van der Waals surface area contributed by atoms with Crippen LogP contribution in [0.2, 0.25) is 10.0 Å². The van der Waals surface area contributed by atoms with Gasteiger partial charge in [0, 0.05) is 16.7 Å². The number of anilines is 1. The first-order valence-corrected chi connectivity index (χ1v) is 10.9. The zero-order chi connectivity index (χ0) is 25.5. The molecule has 8 nitrogen and oxygen atoms in total. The number of rotatable bonds is 8. The van der Waals surface area contributed by atoms with Crippen molar-refractivity contribution >= 4 is 46.6 Å². The van der Waals surface area contributed by atoms with Crippen molar-refractivity contribution in [3.63, 3.8) is 0 Å². The number of nitrogens with one attached hydrogen (secondary N) is 1. The lowest BCUT2D eigenvalue weighted by Crippen LogP contribution is -2.14. The van der Waals surface area contributed by atoms with E-state index in [1.165, 1.54) is 31.4 Å². The molecule has 35 heavy (non-hydrogen) atoms. The van der Waals surface area contributed by atoms with Crippen molar-refractivity contribution in [1.82, 2.24) is 0 Å². The first-order chi connectivity index (χ1) is 16.7. The monoisotopic (exact) mass is 511 g/mol. The van der Waals surface area contributed by atoms with Gasteiger partial charge in [-0.1, -0.05) is 47.5 Å². The third-order valence-corrected chi connectivity index (χ3v) is 5.51. The Bertz CT molecular complexity index is 1370. The molecule has 0 aliphatic heterocycles. The number of carbonyl (C=O) groups excluding carboxylic acids is 1. The van der Waals surface area contributed by atoms with Gasteiger partial charge in [-0.15, -0.1) is 0 Å². The van der Waals surface area contributed by atoms with Gasteiger partial charge in [-0.05, 0) is 48.4 Å². The minimum atomic E-state index is -0.811. The molecule has 0 aliphatic rings. The fourth-order valence-corrected chi connectivity index (χ4v) is 3.60. The van der Waals surface area contributed by atoms with Crippen LogP contribution in [-0.4, -0.2) is 17.9 Å². The predicted octanol–water partition coefficient (Wildman–Crippen LogP) is 6.34. The van der Waals surface area contributed by atoms with Gasteiger partial charge in [0.15, 0.2) is 11.5 Å². The number of hydrogen-bond acceptors (Lipinski definition) is 6. The number of amides is 1. The highest BCUT2D eigenvalue weighted by atomic mass is 35.5. The molecule has 0 bridgehead atoms. The van der Waals surface area contributed by atoms with Crippen molar-refractivity contribution < 1.29 is 19.2 Å². The zero-order valence-electron chi connectivity index (χ0n) is 18.7. The Morgan fingerprint density at radius 1 is 1.17 bits per heavy atom. The molecule has 3 rings (SSSR count). The maximum absolute atomic E-state index is 12.7. The summed E-state index contributed by atoms with van der Waals surface area (Å²) < 4.78 is 11.2. The molecule has 0 saturated carbocycles. The lowest BCUT2D eigenvalue weighted by molar-refractivity contribution is -0.384. The number of methoxy groups -OCH3 is 1. The summed E-state index contributed by atoms with van der Waals surface area (Å²) in [5, 5.41) is 24.0. The zero-order valence-corrected chi connectivity index (χ0v) is 20.2. The molecule has 0 aromatic heterocycles. The maximum atomic E-state index is 12.7. The molecule has 0 unspecified atom stereocenters. The van der Waals surface area contributed by atoms with Crippen LogP contribution in [0.1, 0.15) is 16.7 Å². The summed E-state index contributed by atoms with van der Waals surface area (Å²) in [5.41, 5.74) is 1.21. The number of nitrogens with zero attached hydrogens (tertiary/aromatic N) is 2. The van der Waals surface area contributed by atoms with E-state index in [1.54, 1.807) is 37.3 Å². The standard InChI is InChI=1S/C25H19Cl2N3O5/c1-15-7-8-21(22(9-15)30(32)33)29-25(31)18(13-28)10-16-11-20(27)24(23(12-16)34-2)35-14-17-5-3-4-6-19(17)26/h3-12H,14H2,1-2H3,(H,29,31)/b18-10+. The van der Waals surface area contributed by atoms with Gasteiger partial charge in [0.1, 0.15) is 23.9 Å². The van der Waals surface area contributed by atoms with E-state index in [4.69, 9.17) is 32.7 Å². The van der Waals surface area contributed by atoms with E-state index in [0.29, 0.717) is 16.1 Å². The van der Waals surface area contributed by atoms with E-state index in [0.717, 1.165) is 5.56 Å². The van der Waals surface area contributed by atoms with Crippen molar-refractivity contribution in [3.8, 4) is 17.6 Å². The number of nitro benzene ring substituents is 1. The SMILES string of the molecule is COc1cc(/C=C(\C#N)C(=O)Nc2ccc(C)cc2[N+](=O)[O-])cc(Cl)c1OCc1ccccc1Cl. The Morgan fingerprint density at radius 2 is 1.91 bits per heavy atom. The quantitative estimate of drug-likeness (QED) is 0.163. The molecule has 0 aliphatic carbocycles. The molecule has 1 amide bonds. The lowest BCUT2D eigenvalue weighted by atomic mass is 10.1. The molecule has 10 heteroatoms. The highest BCUT2D eigenvalue weighted by molar-refractivity contribution is 6.32. The van der Waals surface area contributed by atoms with E-state index in [1.807, 2.05) is 12.1 Å². The van der Waals surface area contributed by atoms with Crippen molar-refractivity contribution in [2.75, 3.05) is 12.4 Å². The van der Waals surface area contributed by atoms with Crippen molar-refractivity contribution in [2.24, 2.45) is 0 Å². The average molecular weight is 512 g/mol. The first kappa shape index (κ1) is 25.6. The molecule has 0 heterocycles. The lowest BCUT2D eigenvalue weighted by Gasteiger charge is -2.14. The average Bonchev–Trinajstić information content (AvgIpc) is 2.83. The molecule has 0 saturated heterocycles. The second kappa shape index (κ2) is 11.4. The molecule has 0 fully saturated rings. The van der Waals surface area contributed by atoms with Gasteiger partial charge < -0.3 is 14.8 Å². The smallest absolute Gasteiger partial charge is 0.293 e. The minimum Gasteiger partial charge on any atom is -0.493 e. The number of nitriles is 1. The Labute approximate surface area is 211 Å². The Hall–Kier alpha value is -4.06. The summed E-state index contributed by atoms with van der Waals surface area (Å²) >= 11 is 12.6. The van der Waals surface area contributed by atoms with Gasteiger partial charge >= 0.3 is 0 Å². The van der Waals surface area contributed by atoms with E-state index in [-0.39, 0.29) is 40.1 Å². The Morgan fingerprint density at radius 3 is 2.57 bits per heavy atom. The third kappa shape index (κ3) is 6.29. The molecule has 178 valence electrons. The summed E-state index contributed by atoms with van der Waals surface area (Å²) in [4.78, 5) is 23.4. The van der Waals surface area contributed by atoms with E-state index < -0.39 is 10.8 Å². The van der Waals surface area contributed by atoms with Gasteiger partial charge in [0.2, 0.25) is 0 Å². The van der Waals surface area contributed by atoms with Crippen LogP contribution in [-0.2, 0) is 11.4 Å². The highest BCUT2D eigenvalue weighted by Crippen LogP contribution is 2.38. The van der Waals surface area contributed by atoms with Crippen LogP contribution in [0.3, 0.4) is 0 Å².